The Morgan fingerprint density at radius 3 is 2.18 bits per heavy atom. The van der Waals surface area contributed by atoms with Gasteiger partial charge in [-0.25, -0.2) is 5.48 Å². The number of hydrogen-bond donors (Lipinski definition) is 5. The van der Waals surface area contributed by atoms with Crippen molar-refractivity contribution in [3.05, 3.63) is 70.3 Å². The van der Waals surface area contributed by atoms with E-state index in [-0.39, 0.29) is 12.1 Å². The molecule has 4 amide bonds. The van der Waals surface area contributed by atoms with Crippen molar-refractivity contribution in [1.29, 1.82) is 0 Å². The van der Waals surface area contributed by atoms with E-state index in [0.717, 1.165) is 0 Å². The summed E-state index contributed by atoms with van der Waals surface area (Å²) < 4.78 is 0. The zero-order valence-corrected chi connectivity index (χ0v) is 17.6. The smallest absolute Gasteiger partial charge is 0.269 e. The average molecular weight is 457 g/mol. The SMILES string of the molecule is C[C@H](NC(=O)[C@H](Cc1ccccc1)C(=O)NO)C(=O)NCC(=O)Nc1ccc([N+](=O)[O-])cc1. The number of carbonyl (C=O) groups excluding carboxylic acids is 4. The maximum absolute atomic E-state index is 12.5. The van der Waals surface area contributed by atoms with E-state index in [9.17, 15) is 29.3 Å². The van der Waals surface area contributed by atoms with Gasteiger partial charge in [-0.2, -0.15) is 0 Å². The van der Waals surface area contributed by atoms with Crippen LogP contribution in [0.4, 0.5) is 11.4 Å². The molecule has 0 spiro atoms. The minimum atomic E-state index is -1.28. The first kappa shape index (κ1) is 24.9. The second-order valence-electron chi connectivity index (χ2n) is 7.02. The molecule has 0 fully saturated rings. The highest BCUT2D eigenvalue weighted by molar-refractivity contribution is 6.02. The molecule has 2 aromatic carbocycles. The molecule has 174 valence electrons. The molecule has 0 aliphatic heterocycles. The lowest BCUT2D eigenvalue weighted by Crippen LogP contribution is -2.50. The van der Waals surface area contributed by atoms with Crippen LogP contribution in [-0.2, 0) is 25.6 Å². The molecule has 0 saturated carbocycles. The van der Waals surface area contributed by atoms with Gasteiger partial charge in [0.1, 0.15) is 12.0 Å². The van der Waals surface area contributed by atoms with Crippen LogP contribution in [0.2, 0.25) is 0 Å². The zero-order chi connectivity index (χ0) is 24.4. The van der Waals surface area contributed by atoms with Crippen LogP contribution >= 0.6 is 0 Å². The van der Waals surface area contributed by atoms with Crippen molar-refractivity contribution < 1.29 is 29.3 Å². The molecule has 0 aliphatic rings. The molecule has 0 unspecified atom stereocenters. The minimum Gasteiger partial charge on any atom is -0.345 e. The summed E-state index contributed by atoms with van der Waals surface area (Å²) in [7, 11) is 0. The molecule has 0 saturated heterocycles. The van der Waals surface area contributed by atoms with E-state index in [1.54, 1.807) is 30.3 Å². The monoisotopic (exact) mass is 457 g/mol. The number of hydroxylamine groups is 1. The number of amides is 4. The molecule has 12 heteroatoms. The minimum absolute atomic E-state index is 0.00501. The van der Waals surface area contributed by atoms with Gasteiger partial charge >= 0.3 is 0 Å². The molecule has 33 heavy (non-hydrogen) atoms. The summed E-state index contributed by atoms with van der Waals surface area (Å²) in [5.41, 5.74) is 2.31. The average Bonchev–Trinajstić information content (AvgIpc) is 2.81. The Hall–Kier alpha value is -4.32. The first-order chi connectivity index (χ1) is 15.7. The van der Waals surface area contributed by atoms with Gasteiger partial charge in [0.15, 0.2) is 0 Å². The summed E-state index contributed by atoms with van der Waals surface area (Å²) in [6, 6.07) is 12.7. The van der Waals surface area contributed by atoms with Crippen molar-refractivity contribution in [2.75, 3.05) is 11.9 Å². The number of rotatable bonds is 10. The van der Waals surface area contributed by atoms with E-state index >= 15 is 0 Å². The van der Waals surface area contributed by atoms with E-state index in [1.165, 1.54) is 36.7 Å². The molecule has 5 N–H and O–H groups in total. The highest BCUT2D eigenvalue weighted by Crippen LogP contribution is 2.15. The third kappa shape index (κ3) is 7.70. The number of nitro benzene ring substituents is 1. The number of nitrogens with zero attached hydrogens (tertiary/aromatic N) is 1. The largest absolute Gasteiger partial charge is 0.345 e. The summed E-state index contributed by atoms with van der Waals surface area (Å²) in [4.78, 5) is 58.8. The zero-order valence-electron chi connectivity index (χ0n) is 17.6. The van der Waals surface area contributed by atoms with Gasteiger partial charge in [0.05, 0.1) is 11.5 Å². The van der Waals surface area contributed by atoms with Gasteiger partial charge in [-0.3, -0.25) is 34.5 Å². The lowest BCUT2D eigenvalue weighted by atomic mass is 9.97. The first-order valence-corrected chi connectivity index (χ1v) is 9.81. The molecule has 0 heterocycles. The second-order valence-corrected chi connectivity index (χ2v) is 7.02. The van der Waals surface area contributed by atoms with E-state index in [0.29, 0.717) is 11.3 Å². The van der Waals surface area contributed by atoms with Crippen molar-refractivity contribution in [3.8, 4) is 0 Å². The van der Waals surface area contributed by atoms with Crippen LogP contribution in [0.5, 0.6) is 0 Å². The second kappa shape index (κ2) is 11.9. The third-order valence-corrected chi connectivity index (χ3v) is 4.56. The van der Waals surface area contributed by atoms with E-state index in [2.05, 4.69) is 16.0 Å². The number of anilines is 1. The van der Waals surface area contributed by atoms with E-state index < -0.39 is 47.1 Å². The topological polar surface area (TPSA) is 180 Å². The molecule has 0 bridgehead atoms. The Bertz CT molecular complexity index is 1010. The van der Waals surface area contributed by atoms with Crippen LogP contribution in [0.3, 0.4) is 0 Å². The van der Waals surface area contributed by atoms with Crippen molar-refractivity contribution in [1.82, 2.24) is 16.1 Å². The van der Waals surface area contributed by atoms with Gasteiger partial charge < -0.3 is 16.0 Å². The predicted molar refractivity (Wildman–Crippen MR) is 116 cm³/mol. The van der Waals surface area contributed by atoms with Crippen molar-refractivity contribution in [2.45, 2.75) is 19.4 Å². The number of non-ortho nitro benzene ring substituents is 1. The summed E-state index contributed by atoms with van der Waals surface area (Å²) in [6.07, 6.45) is 0.00501. The fourth-order valence-electron chi connectivity index (χ4n) is 2.80. The molecule has 2 atom stereocenters. The lowest BCUT2D eigenvalue weighted by molar-refractivity contribution is -0.384. The van der Waals surface area contributed by atoms with E-state index in [1.807, 2.05) is 0 Å². The first-order valence-electron chi connectivity index (χ1n) is 9.81. The summed E-state index contributed by atoms with van der Waals surface area (Å²) in [5, 5.41) is 26.8. The van der Waals surface area contributed by atoms with Crippen molar-refractivity contribution >= 4 is 35.0 Å². The van der Waals surface area contributed by atoms with E-state index in [4.69, 9.17) is 5.21 Å². The van der Waals surface area contributed by atoms with Crippen LogP contribution in [0.15, 0.2) is 54.6 Å². The molecular weight excluding hydrogens is 434 g/mol. The Kier molecular flexibility index (Phi) is 9.00. The van der Waals surface area contributed by atoms with Gasteiger partial charge in [0, 0.05) is 17.8 Å². The molecule has 2 rings (SSSR count). The molecule has 0 radical (unpaired) electrons. The molecule has 0 aliphatic carbocycles. The Morgan fingerprint density at radius 2 is 1.61 bits per heavy atom. The van der Waals surface area contributed by atoms with Crippen LogP contribution < -0.4 is 21.4 Å². The van der Waals surface area contributed by atoms with Crippen LogP contribution in [0, 0.1) is 16.0 Å². The summed E-state index contributed by atoms with van der Waals surface area (Å²) in [6.45, 7) is 0.957. The number of benzene rings is 2. The molecule has 0 aromatic heterocycles. The Morgan fingerprint density at radius 1 is 0.970 bits per heavy atom. The van der Waals surface area contributed by atoms with Crippen LogP contribution in [0.1, 0.15) is 12.5 Å². The maximum atomic E-state index is 12.5. The fraction of sp³-hybridized carbons (Fsp3) is 0.238. The normalized spacial score (nSPS) is 12.1. The highest BCUT2D eigenvalue weighted by atomic mass is 16.6. The standard InChI is InChI=1S/C21H23N5O7/c1-13(23-20(29)17(21(30)25-31)11-14-5-3-2-4-6-14)19(28)22-12-18(27)24-15-7-9-16(10-8-15)26(32)33/h2-10,13,17,31H,11-12H2,1H3,(H,22,28)(H,23,29)(H,24,27)(H,25,30)/t13-,17-/m0/s1. The number of nitrogens with one attached hydrogen (secondary N) is 4. The van der Waals surface area contributed by atoms with Crippen LogP contribution in [-0.4, -0.2) is 46.3 Å². The molecular formula is C21H23N5O7. The summed E-state index contributed by atoms with van der Waals surface area (Å²) in [5.74, 6) is -4.24. The van der Waals surface area contributed by atoms with Crippen molar-refractivity contribution in [3.63, 3.8) is 0 Å². The Labute approximate surface area is 188 Å². The molecule has 12 nitrogen and oxygen atoms in total. The fourth-order valence-corrected chi connectivity index (χ4v) is 2.80. The highest BCUT2D eigenvalue weighted by Gasteiger charge is 2.29. The van der Waals surface area contributed by atoms with Gasteiger partial charge in [-0.1, -0.05) is 30.3 Å². The van der Waals surface area contributed by atoms with Crippen LogP contribution in [0.25, 0.3) is 0 Å². The number of hydrogen-bond acceptors (Lipinski definition) is 7. The number of carbonyl (C=O) groups is 4. The maximum Gasteiger partial charge on any atom is 0.269 e. The van der Waals surface area contributed by atoms with Gasteiger partial charge in [0.25, 0.3) is 11.6 Å². The Balaban J connectivity index is 1.87. The van der Waals surface area contributed by atoms with Gasteiger partial charge in [0.2, 0.25) is 17.7 Å². The van der Waals surface area contributed by atoms with Gasteiger partial charge in [-0.05, 0) is 31.0 Å². The summed E-state index contributed by atoms with van der Waals surface area (Å²) >= 11 is 0. The lowest BCUT2D eigenvalue weighted by Gasteiger charge is -2.19. The third-order valence-electron chi connectivity index (χ3n) is 4.56. The molecule has 2 aromatic rings. The quantitative estimate of drug-likeness (QED) is 0.149. The van der Waals surface area contributed by atoms with Crippen molar-refractivity contribution in [2.24, 2.45) is 5.92 Å². The number of nitro groups is 1. The van der Waals surface area contributed by atoms with Gasteiger partial charge in [-0.15, -0.1) is 0 Å². The predicted octanol–water partition coefficient (Wildman–Crippen LogP) is 0.519.